The highest BCUT2D eigenvalue weighted by Crippen LogP contribution is 2.28. The third-order valence-electron chi connectivity index (χ3n) is 3.90. The standard InChI is InChI=1S/C20H22F3N3O4S/c1-26(2)14-25-31(28,29)18-12-15(10-11-24-19(27)20(21,22)23)8-9-17(18)30-13-16-6-4-3-5-7-16/h3-9,12,14H,10-11,13H2,1-2H3,(H,24,27). The first-order chi connectivity index (χ1) is 14.5. The zero-order chi connectivity index (χ0) is 23.1. The van der Waals surface area contributed by atoms with Crippen molar-refractivity contribution in [2.24, 2.45) is 4.40 Å². The van der Waals surface area contributed by atoms with Crippen LogP contribution in [0, 0.1) is 0 Å². The van der Waals surface area contributed by atoms with Crippen LogP contribution >= 0.6 is 0 Å². The molecule has 2 rings (SSSR count). The van der Waals surface area contributed by atoms with Gasteiger partial charge in [-0.3, -0.25) is 4.79 Å². The van der Waals surface area contributed by atoms with E-state index in [2.05, 4.69) is 4.40 Å². The van der Waals surface area contributed by atoms with E-state index in [0.717, 1.165) is 11.9 Å². The van der Waals surface area contributed by atoms with Crippen molar-refractivity contribution in [2.75, 3.05) is 20.6 Å². The van der Waals surface area contributed by atoms with Crippen molar-refractivity contribution in [1.82, 2.24) is 10.2 Å². The van der Waals surface area contributed by atoms with Crippen molar-refractivity contribution < 1.29 is 31.1 Å². The molecule has 0 fully saturated rings. The summed E-state index contributed by atoms with van der Waals surface area (Å²) in [5.41, 5.74) is 1.22. The maximum Gasteiger partial charge on any atom is 0.471 e. The SMILES string of the molecule is CN(C)C=NS(=O)(=O)c1cc(CCNC(=O)C(F)(F)F)ccc1OCc1ccccc1. The molecule has 0 aromatic heterocycles. The Labute approximate surface area is 178 Å². The van der Waals surface area contributed by atoms with Crippen molar-refractivity contribution >= 4 is 22.3 Å². The molecule has 0 aliphatic carbocycles. The summed E-state index contributed by atoms with van der Waals surface area (Å²) in [6.45, 7) is -0.204. The summed E-state index contributed by atoms with van der Waals surface area (Å²) >= 11 is 0. The molecule has 168 valence electrons. The highest BCUT2D eigenvalue weighted by molar-refractivity contribution is 7.90. The molecular formula is C20H22F3N3O4S. The van der Waals surface area contributed by atoms with Crippen LogP contribution in [0.3, 0.4) is 0 Å². The Morgan fingerprint density at radius 1 is 1.13 bits per heavy atom. The Hall–Kier alpha value is -3.08. The maximum atomic E-state index is 12.7. The molecule has 11 heteroatoms. The smallest absolute Gasteiger partial charge is 0.471 e. The molecule has 0 radical (unpaired) electrons. The highest BCUT2D eigenvalue weighted by atomic mass is 32.2. The van der Waals surface area contributed by atoms with Gasteiger partial charge in [0.25, 0.3) is 10.0 Å². The van der Waals surface area contributed by atoms with E-state index in [9.17, 15) is 26.4 Å². The Balaban J connectivity index is 2.25. The van der Waals surface area contributed by atoms with Crippen molar-refractivity contribution in [3.63, 3.8) is 0 Å². The van der Waals surface area contributed by atoms with Gasteiger partial charge in [-0.1, -0.05) is 36.4 Å². The van der Waals surface area contributed by atoms with Crippen molar-refractivity contribution in [3.8, 4) is 5.75 Å². The van der Waals surface area contributed by atoms with Crippen LogP contribution in [0.2, 0.25) is 0 Å². The lowest BCUT2D eigenvalue weighted by Crippen LogP contribution is -2.37. The van der Waals surface area contributed by atoms with E-state index in [1.54, 1.807) is 19.4 Å². The number of carbonyl (C=O) groups is 1. The molecule has 0 atom stereocenters. The van der Waals surface area contributed by atoms with Gasteiger partial charge in [-0.2, -0.15) is 21.6 Å². The van der Waals surface area contributed by atoms with Gasteiger partial charge in [0, 0.05) is 20.6 Å². The van der Waals surface area contributed by atoms with E-state index in [1.165, 1.54) is 23.1 Å². The summed E-state index contributed by atoms with van der Waals surface area (Å²) in [6, 6.07) is 13.3. The molecule has 0 saturated carbocycles. The first-order valence-electron chi connectivity index (χ1n) is 9.10. The summed E-state index contributed by atoms with van der Waals surface area (Å²) < 4.78 is 71.6. The van der Waals surface area contributed by atoms with E-state index in [-0.39, 0.29) is 30.2 Å². The average Bonchev–Trinajstić information content (AvgIpc) is 2.71. The van der Waals surface area contributed by atoms with Crippen LogP contribution in [0.15, 0.2) is 57.8 Å². The van der Waals surface area contributed by atoms with Crippen LogP contribution in [-0.4, -0.2) is 52.4 Å². The summed E-state index contributed by atoms with van der Waals surface area (Å²) in [5, 5.41) is 1.75. The minimum Gasteiger partial charge on any atom is -0.487 e. The first kappa shape index (κ1) is 24.2. The van der Waals surface area contributed by atoms with Gasteiger partial charge < -0.3 is 15.0 Å². The molecule has 1 N–H and O–H groups in total. The molecule has 0 bridgehead atoms. The van der Waals surface area contributed by atoms with Gasteiger partial charge in [0.1, 0.15) is 23.6 Å². The van der Waals surface area contributed by atoms with E-state index in [1.807, 2.05) is 30.3 Å². The third kappa shape index (κ3) is 7.59. The molecule has 2 aromatic carbocycles. The van der Waals surface area contributed by atoms with Crippen LogP contribution in [0.5, 0.6) is 5.75 Å². The number of benzene rings is 2. The molecular weight excluding hydrogens is 435 g/mol. The molecule has 1 amide bonds. The molecule has 7 nitrogen and oxygen atoms in total. The van der Waals surface area contributed by atoms with Crippen LogP contribution in [-0.2, 0) is 27.8 Å². The fourth-order valence-electron chi connectivity index (χ4n) is 2.40. The maximum absolute atomic E-state index is 12.7. The largest absolute Gasteiger partial charge is 0.487 e. The average molecular weight is 457 g/mol. The number of ether oxygens (including phenoxy) is 1. The number of halogens is 3. The highest BCUT2D eigenvalue weighted by Gasteiger charge is 2.38. The number of sulfonamides is 1. The van der Waals surface area contributed by atoms with Gasteiger partial charge in [0.05, 0.1) is 0 Å². The fourth-order valence-corrected chi connectivity index (χ4v) is 3.51. The second-order valence-corrected chi connectivity index (χ2v) is 8.32. The Morgan fingerprint density at radius 2 is 1.81 bits per heavy atom. The van der Waals surface area contributed by atoms with E-state index < -0.39 is 22.1 Å². The molecule has 0 heterocycles. The van der Waals surface area contributed by atoms with E-state index in [4.69, 9.17) is 4.74 Å². The predicted octanol–water partition coefficient (Wildman–Crippen LogP) is 2.77. The second kappa shape index (κ2) is 10.3. The van der Waals surface area contributed by atoms with Crippen molar-refractivity contribution in [2.45, 2.75) is 24.1 Å². The summed E-state index contributed by atoms with van der Waals surface area (Å²) in [5.74, 6) is -2.00. The van der Waals surface area contributed by atoms with E-state index >= 15 is 0 Å². The van der Waals surface area contributed by atoms with Crippen LogP contribution in [0.1, 0.15) is 11.1 Å². The van der Waals surface area contributed by atoms with Crippen molar-refractivity contribution in [1.29, 1.82) is 0 Å². The number of carbonyl (C=O) groups excluding carboxylic acids is 1. The van der Waals surface area contributed by atoms with Crippen LogP contribution < -0.4 is 10.1 Å². The zero-order valence-corrected chi connectivity index (χ0v) is 17.7. The topological polar surface area (TPSA) is 88.1 Å². The number of nitrogens with zero attached hydrogens (tertiary/aromatic N) is 2. The molecule has 0 aliphatic heterocycles. The summed E-state index contributed by atoms with van der Waals surface area (Å²) in [6.07, 6.45) is -3.88. The minimum absolute atomic E-state index is 0.0132. The molecule has 0 saturated heterocycles. The number of rotatable bonds is 9. The molecule has 0 unspecified atom stereocenters. The van der Waals surface area contributed by atoms with Crippen molar-refractivity contribution in [3.05, 3.63) is 59.7 Å². The number of hydrogen-bond donors (Lipinski definition) is 1. The first-order valence-corrected chi connectivity index (χ1v) is 10.5. The monoisotopic (exact) mass is 457 g/mol. The number of hydrogen-bond acceptors (Lipinski definition) is 4. The Kier molecular flexibility index (Phi) is 8.03. The van der Waals surface area contributed by atoms with Gasteiger partial charge in [-0.15, -0.1) is 4.40 Å². The Bertz CT molecular complexity index is 1020. The van der Waals surface area contributed by atoms with Gasteiger partial charge in [-0.05, 0) is 29.7 Å². The normalized spacial score (nSPS) is 12.0. The second-order valence-electron chi connectivity index (χ2n) is 6.72. The fraction of sp³-hybridized carbons (Fsp3) is 0.300. The van der Waals surface area contributed by atoms with Crippen LogP contribution in [0.25, 0.3) is 0 Å². The number of alkyl halides is 3. The molecule has 2 aromatic rings. The predicted molar refractivity (Wildman–Crippen MR) is 109 cm³/mol. The quantitative estimate of drug-likeness (QED) is 0.462. The van der Waals surface area contributed by atoms with Gasteiger partial charge in [0.2, 0.25) is 0 Å². The van der Waals surface area contributed by atoms with Crippen LogP contribution in [0.4, 0.5) is 13.2 Å². The molecule has 31 heavy (non-hydrogen) atoms. The number of amides is 1. The minimum atomic E-state index is -4.98. The summed E-state index contributed by atoms with van der Waals surface area (Å²) in [7, 11) is -0.937. The van der Waals surface area contributed by atoms with Gasteiger partial charge in [0.15, 0.2) is 0 Å². The lowest BCUT2D eigenvalue weighted by molar-refractivity contribution is -0.173. The zero-order valence-electron chi connectivity index (χ0n) is 16.9. The van der Waals surface area contributed by atoms with E-state index in [0.29, 0.717) is 5.56 Å². The van der Waals surface area contributed by atoms with Gasteiger partial charge >= 0.3 is 12.1 Å². The number of nitrogens with one attached hydrogen (secondary N) is 1. The molecule has 0 spiro atoms. The Morgan fingerprint density at radius 3 is 2.42 bits per heavy atom. The lowest BCUT2D eigenvalue weighted by atomic mass is 10.1. The third-order valence-corrected chi connectivity index (χ3v) is 5.14. The lowest BCUT2D eigenvalue weighted by Gasteiger charge is -2.13. The summed E-state index contributed by atoms with van der Waals surface area (Å²) in [4.78, 5) is 12.2. The molecule has 0 aliphatic rings. The van der Waals surface area contributed by atoms with Gasteiger partial charge in [-0.25, -0.2) is 0 Å².